The van der Waals surface area contributed by atoms with Crippen LogP contribution in [-0.4, -0.2) is 10.2 Å². The van der Waals surface area contributed by atoms with Gasteiger partial charge in [0.2, 0.25) is 0 Å². The van der Waals surface area contributed by atoms with Crippen molar-refractivity contribution in [1.29, 1.82) is 0 Å². The summed E-state index contributed by atoms with van der Waals surface area (Å²) in [5.74, 6) is 0.0276. The molecule has 3 aromatic rings. The molecule has 5 heteroatoms. The monoisotopic (exact) mass is 345 g/mol. The molecule has 0 saturated carbocycles. The first kappa shape index (κ1) is 13.8. The number of rotatable bonds is 2. The Morgan fingerprint density at radius 1 is 1.19 bits per heavy atom. The van der Waals surface area contributed by atoms with Gasteiger partial charge in [-0.3, -0.25) is 5.10 Å². The van der Waals surface area contributed by atoms with Gasteiger partial charge in [-0.05, 0) is 30.7 Å². The number of nitrogens with zero attached hydrogens (tertiary/aromatic N) is 1. The molecule has 0 aliphatic rings. The number of nitrogens with two attached hydrogens (primary N) is 1. The normalized spacial score (nSPS) is 10.8. The van der Waals surface area contributed by atoms with E-state index in [9.17, 15) is 4.39 Å². The van der Waals surface area contributed by atoms with E-state index >= 15 is 0 Å². The van der Waals surface area contributed by atoms with E-state index in [-0.39, 0.29) is 5.82 Å². The standard InChI is InChI=1S/C16H13BrFN3/c1-9-3-2-4-10(7-9)14-15(20-21-16(14)19)12-6-5-11(17)8-13(12)18/h2-8H,1H3,(H3,19,20,21). The number of hydrogen-bond acceptors (Lipinski definition) is 2. The first-order valence-corrected chi connectivity index (χ1v) is 7.22. The second kappa shape index (κ2) is 5.33. The summed E-state index contributed by atoms with van der Waals surface area (Å²) in [6.45, 7) is 2.00. The number of aromatic nitrogens is 2. The minimum atomic E-state index is -0.332. The summed E-state index contributed by atoms with van der Waals surface area (Å²) in [5, 5.41) is 6.88. The minimum absolute atomic E-state index is 0.332. The molecular weight excluding hydrogens is 333 g/mol. The van der Waals surface area contributed by atoms with E-state index in [1.54, 1.807) is 12.1 Å². The van der Waals surface area contributed by atoms with Crippen LogP contribution < -0.4 is 5.73 Å². The van der Waals surface area contributed by atoms with Gasteiger partial charge in [-0.15, -0.1) is 0 Å². The number of nitrogens with one attached hydrogen (secondary N) is 1. The molecule has 0 unspecified atom stereocenters. The molecule has 0 spiro atoms. The fourth-order valence-electron chi connectivity index (χ4n) is 2.34. The van der Waals surface area contributed by atoms with E-state index < -0.39 is 0 Å². The van der Waals surface area contributed by atoms with E-state index in [0.29, 0.717) is 21.5 Å². The lowest BCUT2D eigenvalue weighted by atomic mass is 9.99. The van der Waals surface area contributed by atoms with Gasteiger partial charge >= 0.3 is 0 Å². The minimum Gasteiger partial charge on any atom is -0.382 e. The molecule has 0 saturated heterocycles. The predicted molar refractivity (Wildman–Crippen MR) is 86.3 cm³/mol. The highest BCUT2D eigenvalue weighted by atomic mass is 79.9. The maximum absolute atomic E-state index is 14.2. The lowest BCUT2D eigenvalue weighted by Gasteiger charge is -2.07. The summed E-state index contributed by atoms with van der Waals surface area (Å²) in [7, 11) is 0. The molecule has 2 aromatic carbocycles. The molecule has 0 aliphatic heterocycles. The fourth-order valence-corrected chi connectivity index (χ4v) is 2.67. The highest BCUT2D eigenvalue weighted by Crippen LogP contribution is 2.36. The van der Waals surface area contributed by atoms with Gasteiger partial charge in [-0.1, -0.05) is 45.8 Å². The van der Waals surface area contributed by atoms with Gasteiger partial charge < -0.3 is 5.73 Å². The Balaban J connectivity index is 2.22. The molecule has 3 nitrogen and oxygen atoms in total. The Morgan fingerprint density at radius 2 is 2.00 bits per heavy atom. The molecule has 3 N–H and O–H groups in total. The average Bonchev–Trinajstić information content (AvgIpc) is 2.80. The number of hydrogen-bond donors (Lipinski definition) is 2. The lowest BCUT2D eigenvalue weighted by molar-refractivity contribution is 0.630. The van der Waals surface area contributed by atoms with Crippen molar-refractivity contribution in [3.05, 3.63) is 58.3 Å². The van der Waals surface area contributed by atoms with Gasteiger partial charge in [-0.25, -0.2) is 4.39 Å². The largest absolute Gasteiger partial charge is 0.382 e. The molecule has 1 aromatic heterocycles. The van der Waals surface area contributed by atoms with Crippen LogP contribution in [0.4, 0.5) is 10.2 Å². The van der Waals surface area contributed by atoms with Crippen molar-refractivity contribution in [3.63, 3.8) is 0 Å². The molecule has 0 aliphatic carbocycles. The zero-order valence-corrected chi connectivity index (χ0v) is 12.9. The number of benzene rings is 2. The Labute approximate surface area is 130 Å². The molecule has 1 heterocycles. The first-order valence-electron chi connectivity index (χ1n) is 6.42. The zero-order valence-electron chi connectivity index (χ0n) is 11.3. The van der Waals surface area contributed by atoms with Gasteiger partial charge in [0.05, 0.1) is 11.3 Å². The summed E-state index contributed by atoms with van der Waals surface area (Å²) >= 11 is 3.26. The van der Waals surface area contributed by atoms with Crippen LogP contribution in [0, 0.1) is 12.7 Å². The quantitative estimate of drug-likeness (QED) is 0.716. The van der Waals surface area contributed by atoms with Crippen molar-refractivity contribution < 1.29 is 4.39 Å². The van der Waals surface area contributed by atoms with Crippen LogP contribution >= 0.6 is 15.9 Å². The molecule has 0 amide bonds. The van der Waals surface area contributed by atoms with Gasteiger partial charge in [0.15, 0.2) is 5.82 Å². The van der Waals surface area contributed by atoms with E-state index in [4.69, 9.17) is 5.73 Å². The summed E-state index contributed by atoms with van der Waals surface area (Å²) < 4.78 is 14.9. The van der Waals surface area contributed by atoms with E-state index in [1.165, 1.54) is 6.07 Å². The van der Waals surface area contributed by atoms with Gasteiger partial charge in [0.1, 0.15) is 5.82 Å². The van der Waals surface area contributed by atoms with Crippen molar-refractivity contribution in [2.75, 3.05) is 5.73 Å². The van der Waals surface area contributed by atoms with Crippen molar-refractivity contribution in [1.82, 2.24) is 10.2 Å². The average molecular weight is 346 g/mol. The van der Waals surface area contributed by atoms with Crippen LogP contribution in [0.3, 0.4) is 0 Å². The maximum atomic E-state index is 14.2. The third kappa shape index (κ3) is 2.56. The van der Waals surface area contributed by atoms with Crippen molar-refractivity contribution in [3.8, 4) is 22.4 Å². The number of aryl methyl sites for hydroxylation is 1. The van der Waals surface area contributed by atoms with Crippen LogP contribution in [-0.2, 0) is 0 Å². The van der Waals surface area contributed by atoms with Crippen LogP contribution in [0.2, 0.25) is 0 Å². The Morgan fingerprint density at radius 3 is 2.71 bits per heavy atom. The maximum Gasteiger partial charge on any atom is 0.153 e. The van der Waals surface area contributed by atoms with Crippen molar-refractivity contribution in [2.45, 2.75) is 6.92 Å². The summed E-state index contributed by atoms with van der Waals surface area (Å²) in [5.41, 5.74) is 9.74. The fraction of sp³-hybridized carbons (Fsp3) is 0.0625. The summed E-state index contributed by atoms with van der Waals surface area (Å²) in [6.07, 6.45) is 0. The number of H-pyrrole nitrogens is 1. The third-order valence-electron chi connectivity index (χ3n) is 3.30. The predicted octanol–water partition coefficient (Wildman–Crippen LogP) is 4.54. The third-order valence-corrected chi connectivity index (χ3v) is 3.79. The van der Waals surface area contributed by atoms with E-state index in [1.807, 2.05) is 31.2 Å². The van der Waals surface area contributed by atoms with Gasteiger partial charge in [-0.2, -0.15) is 5.10 Å². The molecule has 0 fully saturated rings. The lowest BCUT2D eigenvalue weighted by Crippen LogP contribution is -1.91. The molecular formula is C16H13BrFN3. The number of halogens is 2. The Hall–Kier alpha value is -2.14. The number of anilines is 1. The van der Waals surface area contributed by atoms with E-state index in [2.05, 4.69) is 26.1 Å². The molecule has 106 valence electrons. The highest BCUT2D eigenvalue weighted by molar-refractivity contribution is 9.10. The number of nitrogen functional groups attached to an aromatic ring is 1. The van der Waals surface area contributed by atoms with Gasteiger partial charge in [0.25, 0.3) is 0 Å². The second-order valence-corrected chi connectivity index (χ2v) is 5.77. The number of aromatic amines is 1. The van der Waals surface area contributed by atoms with Crippen LogP contribution in [0.5, 0.6) is 0 Å². The van der Waals surface area contributed by atoms with Crippen LogP contribution in [0.25, 0.3) is 22.4 Å². The first-order chi connectivity index (χ1) is 10.1. The summed E-state index contributed by atoms with van der Waals surface area (Å²) in [6, 6.07) is 12.8. The zero-order chi connectivity index (χ0) is 15.0. The van der Waals surface area contributed by atoms with Crippen LogP contribution in [0.15, 0.2) is 46.9 Å². The smallest absolute Gasteiger partial charge is 0.153 e. The molecule has 21 heavy (non-hydrogen) atoms. The van der Waals surface area contributed by atoms with Crippen molar-refractivity contribution in [2.24, 2.45) is 0 Å². The Kier molecular flexibility index (Phi) is 3.51. The SMILES string of the molecule is Cc1cccc(-c2c(N)n[nH]c2-c2ccc(Br)cc2F)c1. The topological polar surface area (TPSA) is 54.7 Å². The summed E-state index contributed by atoms with van der Waals surface area (Å²) in [4.78, 5) is 0. The molecule has 0 radical (unpaired) electrons. The van der Waals surface area contributed by atoms with E-state index in [0.717, 1.165) is 16.7 Å². The Bertz CT molecular complexity index is 811. The molecule has 0 bridgehead atoms. The molecule has 3 rings (SSSR count). The second-order valence-electron chi connectivity index (χ2n) is 4.85. The van der Waals surface area contributed by atoms with Gasteiger partial charge in [0, 0.05) is 10.0 Å². The highest BCUT2D eigenvalue weighted by Gasteiger charge is 2.17. The molecule has 0 atom stereocenters. The van der Waals surface area contributed by atoms with Crippen molar-refractivity contribution >= 4 is 21.7 Å². The van der Waals surface area contributed by atoms with Crippen LogP contribution in [0.1, 0.15) is 5.56 Å².